The Hall–Kier alpha value is -3.09. The number of hydrogen-bond donors (Lipinski definition) is 0. The molecule has 1 amide bonds. The van der Waals surface area contributed by atoms with Crippen molar-refractivity contribution >= 4 is 11.9 Å². The fourth-order valence-electron chi connectivity index (χ4n) is 2.53. The summed E-state index contributed by atoms with van der Waals surface area (Å²) in [6, 6.07) is 10.9. The number of carbonyl (C=O) groups is 2. The quantitative estimate of drug-likeness (QED) is 0.446. The number of likely N-dealkylation sites (N-methyl/N-ethyl adjacent to an activating group) is 1. The number of amides is 1. The van der Waals surface area contributed by atoms with Gasteiger partial charge in [0.1, 0.15) is 5.82 Å². The molecule has 0 fully saturated rings. The van der Waals surface area contributed by atoms with Gasteiger partial charge in [0.15, 0.2) is 18.1 Å². The maximum atomic E-state index is 13.7. The first kappa shape index (κ1) is 22.2. The normalized spacial score (nSPS) is 10.3. The van der Waals surface area contributed by atoms with Crippen LogP contribution < -0.4 is 9.47 Å². The second-order valence-electron chi connectivity index (χ2n) is 6.48. The van der Waals surface area contributed by atoms with Crippen LogP contribution >= 0.6 is 0 Å². The van der Waals surface area contributed by atoms with Crippen molar-refractivity contribution < 1.29 is 28.2 Å². The lowest BCUT2D eigenvalue weighted by molar-refractivity contribution is -0.133. The first-order chi connectivity index (χ1) is 14.0. The van der Waals surface area contributed by atoms with Crippen LogP contribution in [0.2, 0.25) is 0 Å². The van der Waals surface area contributed by atoms with Crippen molar-refractivity contribution in [1.82, 2.24) is 4.90 Å². The highest BCUT2D eigenvalue weighted by Gasteiger charge is 2.17. The van der Waals surface area contributed by atoms with Gasteiger partial charge in [0.2, 0.25) is 0 Å². The number of unbranched alkanes of at least 4 members (excludes halogenated alkanes) is 1. The molecule has 0 radical (unpaired) electrons. The molecule has 7 heteroatoms. The predicted octanol–water partition coefficient (Wildman–Crippen LogP) is 3.83. The molecular formula is C22H26FNO5. The highest BCUT2D eigenvalue weighted by atomic mass is 19.1. The van der Waals surface area contributed by atoms with Crippen LogP contribution in [0.15, 0.2) is 42.5 Å². The summed E-state index contributed by atoms with van der Waals surface area (Å²) >= 11 is 0. The first-order valence-electron chi connectivity index (χ1n) is 9.41. The van der Waals surface area contributed by atoms with Crippen molar-refractivity contribution in [3.05, 3.63) is 59.4 Å². The molecule has 0 aromatic heterocycles. The number of nitrogens with zero attached hydrogens (tertiary/aromatic N) is 1. The van der Waals surface area contributed by atoms with Crippen LogP contribution in [-0.2, 0) is 16.1 Å². The number of ether oxygens (including phenoxy) is 3. The van der Waals surface area contributed by atoms with Crippen molar-refractivity contribution in [2.45, 2.75) is 26.3 Å². The van der Waals surface area contributed by atoms with Gasteiger partial charge in [0.25, 0.3) is 5.91 Å². The Morgan fingerprint density at radius 1 is 1.10 bits per heavy atom. The maximum Gasteiger partial charge on any atom is 0.338 e. The van der Waals surface area contributed by atoms with E-state index in [1.165, 1.54) is 31.2 Å². The summed E-state index contributed by atoms with van der Waals surface area (Å²) in [6.07, 6.45) is 1.92. The van der Waals surface area contributed by atoms with Crippen molar-refractivity contribution in [3.8, 4) is 11.5 Å². The summed E-state index contributed by atoms with van der Waals surface area (Å²) in [7, 11) is 3.01. The van der Waals surface area contributed by atoms with Crippen LogP contribution in [0.3, 0.4) is 0 Å². The van der Waals surface area contributed by atoms with E-state index in [0.29, 0.717) is 23.7 Å². The van der Waals surface area contributed by atoms with Crippen LogP contribution in [0.1, 0.15) is 35.7 Å². The monoisotopic (exact) mass is 403 g/mol. The molecule has 0 atom stereocenters. The Morgan fingerprint density at radius 3 is 2.55 bits per heavy atom. The van der Waals surface area contributed by atoms with Gasteiger partial charge < -0.3 is 19.1 Å². The van der Waals surface area contributed by atoms with E-state index in [9.17, 15) is 14.0 Å². The van der Waals surface area contributed by atoms with Crippen molar-refractivity contribution in [3.63, 3.8) is 0 Å². The van der Waals surface area contributed by atoms with E-state index < -0.39 is 24.3 Å². The largest absolute Gasteiger partial charge is 0.493 e. The summed E-state index contributed by atoms with van der Waals surface area (Å²) in [5.41, 5.74) is 0.632. The van der Waals surface area contributed by atoms with Crippen LogP contribution in [0, 0.1) is 5.82 Å². The zero-order valence-electron chi connectivity index (χ0n) is 16.9. The molecule has 2 aromatic rings. The van der Waals surface area contributed by atoms with Gasteiger partial charge in [0, 0.05) is 19.2 Å². The van der Waals surface area contributed by atoms with E-state index >= 15 is 0 Å². The van der Waals surface area contributed by atoms with Gasteiger partial charge in [-0.15, -0.1) is 0 Å². The molecule has 0 spiro atoms. The molecule has 0 saturated carbocycles. The lowest BCUT2D eigenvalue weighted by Crippen LogP contribution is -2.31. The van der Waals surface area contributed by atoms with Crippen molar-refractivity contribution in [1.29, 1.82) is 0 Å². The zero-order chi connectivity index (χ0) is 21.2. The first-order valence-corrected chi connectivity index (χ1v) is 9.41. The molecule has 0 saturated heterocycles. The maximum absolute atomic E-state index is 13.7. The van der Waals surface area contributed by atoms with Crippen molar-refractivity contribution in [2.24, 2.45) is 0 Å². The molecule has 29 heavy (non-hydrogen) atoms. The fraction of sp³-hybridized carbons (Fsp3) is 0.364. The highest BCUT2D eigenvalue weighted by Crippen LogP contribution is 2.28. The third-order valence-electron chi connectivity index (χ3n) is 4.27. The lowest BCUT2D eigenvalue weighted by Gasteiger charge is -2.17. The average molecular weight is 403 g/mol. The Balaban J connectivity index is 1.92. The molecule has 2 rings (SSSR count). The van der Waals surface area contributed by atoms with Crippen LogP contribution in [0.4, 0.5) is 4.39 Å². The van der Waals surface area contributed by atoms with Crippen LogP contribution in [0.25, 0.3) is 0 Å². The highest BCUT2D eigenvalue weighted by molar-refractivity contribution is 5.92. The standard InChI is InChI=1S/C22H26FNO5/c1-4-5-12-28-19-11-10-16(13-20(19)27-3)22(26)29-15-21(25)24(2)14-17-8-6-7-9-18(17)23/h6-11,13H,4-5,12,14-15H2,1-3H3. The molecule has 0 aliphatic rings. The summed E-state index contributed by atoms with van der Waals surface area (Å²) < 4.78 is 29.7. The van der Waals surface area contributed by atoms with E-state index in [0.717, 1.165) is 12.8 Å². The number of halogens is 1. The molecule has 0 N–H and O–H groups in total. The van der Waals surface area contributed by atoms with E-state index in [1.54, 1.807) is 30.3 Å². The molecule has 0 aliphatic carbocycles. The van der Waals surface area contributed by atoms with Crippen molar-refractivity contribution in [2.75, 3.05) is 27.4 Å². The smallest absolute Gasteiger partial charge is 0.338 e. The van der Waals surface area contributed by atoms with E-state index in [4.69, 9.17) is 14.2 Å². The zero-order valence-corrected chi connectivity index (χ0v) is 16.9. The van der Waals surface area contributed by atoms with Gasteiger partial charge >= 0.3 is 5.97 Å². The van der Waals surface area contributed by atoms with Gasteiger partial charge in [-0.3, -0.25) is 4.79 Å². The van der Waals surface area contributed by atoms with Gasteiger partial charge in [-0.05, 0) is 30.7 Å². The topological polar surface area (TPSA) is 65.1 Å². The third kappa shape index (κ3) is 6.48. The van der Waals surface area contributed by atoms with Crippen LogP contribution in [-0.4, -0.2) is 44.1 Å². The molecule has 156 valence electrons. The summed E-state index contributed by atoms with van der Waals surface area (Å²) in [4.78, 5) is 25.8. The second-order valence-corrected chi connectivity index (χ2v) is 6.48. The Morgan fingerprint density at radius 2 is 1.86 bits per heavy atom. The SMILES string of the molecule is CCCCOc1ccc(C(=O)OCC(=O)N(C)Cc2ccccc2F)cc1OC. The average Bonchev–Trinajstić information content (AvgIpc) is 2.73. The van der Waals surface area contributed by atoms with E-state index in [1.807, 2.05) is 0 Å². The number of carbonyl (C=O) groups excluding carboxylic acids is 2. The van der Waals surface area contributed by atoms with Gasteiger partial charge in [-0.1, -0.05) is 31.5 Å². The van der Waals surface area contributed by atoms with Gasteiger partial charge in [-0.2, -0.15) is 0 Å². The molecule has 0 heterocycles. The minimum atomic E-state index is -0.656. The molecule has 0 bridgehead atoms. The van der Waals surface area contributed by atoms with E-state index in [2.05, 4.69) is 6.92 Å². The molecule has 0 aliphatic heterocycles. The third-order valence-corrected chi connectivity index (χ3v) is 4.27. The fourth-order valence-corrected chi connectivity index (χ4v) is 2.53. The summed E-state index contributed by atoms with van der Waals surface area (Å²) in [5, 5.41) is 0. The van der Waals surface area contributed by atoms with Gasteiger partial charge in [0.05, 0.1) is 19.3 Å². The molecule has 0 unspecified atom stereocenters. The summed E-state index contributed by atoms with van der Waals surface area (Å²) in [6.45, 7) is 2.26. The molecule has 2 aromatic carbocycles. The number of hydrogen-bond acceptors (Lipinski definition) is 5. The lowest BCUT2D eigenvalue weighted by atomic mass is 10.2. The second kappa shape index (κ2) is 11.0. The Labute approximate surface area is 170 Å². The Bertz CT molecular complexity index is 840. The number of methoxy groups -OCH3 is 1. The van der Waals surface area contributed by atoms with Gasteiger partial charge in [-0.25, -0.2) is 9.18 Å². The summed E-state index contributed by atoms with van der Waals surface area (Å²) in [5.74, 6) is -0.529. The minimum absolute atomic E-state index is 0.0840. The minimum Gasteiger partial charge on any atom is -0.493 e. The number of esters is 1. The number of benzene rings is 2. The molecule has 6 nitrogen and oxygen atoms in total. The Kier molecular flexibility index (Phi) is 8.45. The van der Waals surface area contributed by atoms with Crippen LogP contribution in [0.5, 0.6) is 11.5 Å². The van der Waals surface area contributed by atoms with E-state index in [-0.39, 0.29) is 12.1 Å². The predicted molar refractivity (Wildman–Crippen MR) is 107 cm³/mol. The number of rotatable bonds is 10. The molecular weight excluding hydrogens is 377 g/mol.